The van der Waals surface area contributed by atoms with E-state index in [4.69, 9.17) is 0 Å². The van der Waals surface area contributed by atoms with Crippen LogP contribution in [0.25, 0.3) is 0 Å². The maximum Gasteiger partial charge on any atom is 0.151 e. The van der Waals surface area contributed by atoms with Crippen LogP contribution in [0.3, 0.4) is 0 Å². The maximum absolute atomic E-state index is 11.8. The third-order valence-electron chi connectivity index (χ3n) is 3.54. The van der Waals surface area contributed by atoms with Crippen molar-refractivity contribution in [1.82, 2.24) is 5.32 Å². The van der Waals surface area contributed by atoms with Crippen LogP contribution in [0.2, 0.25) is 0 Å². The van der Waals surface area contributed by atoms with Crippen molar-refractivity contribution in [3.05, 3.63) is 0 Å². The summed E-state index contributed by atoms with van der Waals surface area (Å²) < 4.78 is 23.6. The molecule has 0 saturated heterocycles. The fraction of sp³-hybridized carbons (Fsp3) is 1.00. The fourth-order valence-corrected chi connectivity index (χ4v) is 4.43. The van der Waals surface area contributed by atoms with Crippen LogP contribution in [0.5, 0.6) is 0 Å². The molecule has 96 valence electrons. The molecule has 0 aliphatic heterocycles. The predicted molar refractivity (Wildman–Crippen MR) is 68.4 cm³/mol. The van der Waals surface area contributed by atoms with Crippen LogP contribution in [0.15, 0.2) is 0 Å². The van der Waals surface area contributed by atoms with Gasteiger partial charge < -0.3 is 5.32 Å². The minimum absolute atomic E-state index is 0.164. The highest BCUT2D eigenvalue weighted by atomic mass is 32.2. The number of sulfone groups is 1. The summed E-state index contributed by atoms with van der Waals surface area (Å²) in [4.78, 5) is 0. The summed E-state index contributed by atoms with van der Waals surface area (Å²) in [7, 11) is -0.965. The standard InChI is InChI=1S/C12H25NO2S/c1-3-9-16(14,15)10-12(13-2)11-7-5-4-6-8-11/h11-13H,3-10H2,1-2H3. The molecule has 0 heterocycles. The fourth-order valence-electron chi connectivity index (χ4n) is 2.66. The highest BCUT2D eigenvalue weighted by Crippen LogP contribution is 2.27. The van der Waals surface area contributed by atoms with Crippen molar-refractivity contribution in [1.29, 1.82) is 0 Å². The molecule has 0 aromatic rings. The van der Waals surface area contributed by atoms with Crippen molar-refractivity contribution in [2.75, 3.05) is 18.6 Å². The van der Waals surface area contributed by atoms with Gasteiger partial charge in [0.1, 0.15) is 0 Å². The second kappa shape index (κ2) is 6.60. The lowest BCUT2D eigenvalue weighted by Gasteiger charge is -2.29. The van der Waals surface area contributed by atoms with Gasteiger partial charge in [-0.25, -0.2) is 8.42 Å². The first-order valence-corrected chi connectivity index (χ1v) is 8.29. The third kappa shape index (κ3) is 4.42. The molecule has 0 bridgehead atoms. The molecule has 0 radical (unpaired) electrons. The van der Waals surface area contributed by atoms with Gasteiger partial charge in [0.2, 0.25) is 0 Å². The molecular weight excluding hydrogens is 222 g/mol. The average Bonchev–Trinajstić information content (AvgIpc) is 2.27. The highest BCUT2D eigenvalue weighted by Gasteiger charge is 2.26. The third-order valence-corrected chi connectivity index (χ3v) is 5.44. The largest absolute Gasteiger partial charge is 0.316 e. The lowest BCUT2D eigenvalue weighted by atomic mass is 9.84. The Morgan fingerprint density at radius 1 is 1.25 bits per heavy atom. The van der Waals surface area contributed by atoms with Gasteiger partial charge in [-0.05, 0) is 32.2 Å². The van der Waals surface area contributed by atoms with Crippen LogP contribution in [-0.4, -0.2) is 33.0 Å². The van der Waals surface area contributed by atoms with Crippen LogP contribution in [0.4, 0.5) is 0 Å². The molecule has 1 aliphatic rings. The molecule has 0 amide bonds. The van der Waals surface area contributed by atoms with E-state index in [0.29, 0.717) is 17.4 Å². The first-order chi connectivity index (χ1) is 7.59. The summed E-state index contributed by atoms with van der Waals surface area (Å²) in [5, 5.41) is 3.21. The summed E-state index contributed by atoms with van der Waals surface area (Å²) in [6.07, 6.45) is 6.94. The van der Waals surface area contributed by atoms with Crippen molar-refractivity contribution in [3.8, 4) is 0 Å². The molecule has 1 N–H and O–H groups in total. The van der Waals surface area contributed by atoms with Crippen LogP contribution >= 0.6 is 0 Å². The van der Waals surface area contributed by atoms with Gasteiger partial charge in [-0.3, -0.25) is 0 Å². The van der Waals surface area contributed by atoms with Gasteiger partial charge in [-0.1, -0.05) is 26.2 Å². The molecule has 16 heavy (non-hydrogen) atoms. The molecule has 0 spiro atoms. The van der Waals surface area contributed by atoms with E-state index in [1.807, 2.05) is 14.0 Å². The average molecular weight is 247 g/mol. The van der Waals surface area contributed by atoms with Crippen molar-refractivity contribution in [2.24, 2.45) is 5.92 Å². The van der Waals surface area contributed by atoms with E-state index in [2.05, 4.69) is 5.32 Å². The van der Waals surface area contributed by atoms with Gasteiger partial charge >= 0.3 is 0 Å². The second-order valence-electron chi connectivity index (χ2n) is 4.91. The van der Waals surface area contributed by atoms with Crippen molar-refractivity contribution >= 4 is 9.84 Å². The van der Waals surface area contributed by atoms with Crippen LogP contribution < -0.4 is 5.32 Å². The van der Waals surface area contributed by atoms with E-state index in [-0.39, 0.29) is 6.04 Å². The van der Waals surface area contributed by atoms with Crippen molar-refractivity contribution in [3.63, 3.8) is 0 Å². The second-order valence-corrected chi connectivity index (χ2v) is 7.14. The lowest BCUT2D eigenvalue weighted by molar-refractivity contribution is 0.292. The Labute approximate surface area is 99.9 Å². The number of hydrogen-bond donors (Lipinski definition) is 1. The molecule has 1 saturated carbocycles. The van der Waals surface area contributed by atoms with Gasteiger partial charge in [-0.2, -0.15) is 0 Å². The van der Waals surface area contributed by atoms with Gasteiger partial charge in [0.25, 0.3) is 0 Å². The molecule has 1 fully saturated rings. The summed E-state index contributed by atoms with van der Waals surface area (Å²) in [6.45, 7) is 1.92. The topological polar surface area (TPSA) is 46.2 Å². The molecule has 1 atom stereocenters. The van der Waals surface area contributed by atoms with Gasteiger partial charge in [-0.15, -0.1) is 0 Å². The Hall–Kier alpha value is -0.0900. The molecule has 1 rings (SSSR count). The van der Waals surface area contributed by atoms with Gasteiger partial charge in [0.05, 0.1) is 5.75 Å². The molecule has 0 aromatic carbocycles. The molecule has 4 heteroatoms. The summed E-state index contributed by atoms with van der Waals surface area (Å²) in [5.74, 6) is 1.21. The van der Waals surface area contributed by atoms with E-state index in [9.17, 15) is 8.42 Å². The van der Waals surface area contributed by atoms with E-state index >= 15 is 0 Å². The number of rotatable bonds is 6. The Kier molecular flexibility index (Phi) is 5.76. The lowest BCUT2D eigenvalue weighted by Crippen LogP contribution is -2.41. The monoisotopic (exact) mass is 247 g/mol. The zero-order chi connectivity index (χ0) is 12.0. The Morgan fingerprint density at radius 2 is 1.88 bits per heavy atom. The SMILES string of the molecule is CCCS(=O)(=O)CC(NC)C1CCCCC1. The Morgan fingerprint density at radius 3 is 2.38 bits per heavy atom. The molecule has 1 aliphatic carbocycles. The number of hydrogen-bond acceptors (Lipinski definition) is 3. The molecule has 1 unspecified atom stereocenters. The van der Waals surface area contributed by atoms with Gasteiger partial charge in [0.15, 0.2) is 9.84 Å². The Bertz CT molecular complexity index is 281. The minimum Gasteiger partial charge on any atom is -0.316 e. The van der Waals surface area contributed by atoms with E-state index in [1.54, 1.807) is 0 Å². The first-order valence-electron chi connectivity index (χ1n) is 6.46. The summed E-state index contributed by atoms with van der Waals surface area (Å²) in [6, 6.07) is 0.164. The Balaban J connectivity index is 2.53. The zero-order valence-electron chi connectivity index (χ0n) is 10.5. The first kappa shape index (κ1) is 14.0. The number of nitrogens with one attached hydrogen (secondary N) is 1. The minimum atomic E-state index is -2.85. The van der Waals surface area contributed by atoms with Crippen LogP contribution in [0, 0.1) is 5.92 Å². The maximum atomic E-state index is 11.8. The molecular formula is C12H25NO2S. The van der Waals surface area contributed by atoms with Crippen LogP contribution in [-0.2, 0) is 9.84 Å². The van der Waals surface area contributed by atoms with Crippen LogP contribution in [0.1, 0.15) is 45.4 Å². The quantitative estimate of drug-likeness (QED) is 0.780. The van der Waals surface area contributed by atoms with E-state index < -0.39 is 9.84 Å². The molecule has 3 nitrogen and oxygen atoms in total. The summed E-state index contributed by atoms with van der Waals surface area (Å²) >= 11 is 0. The smallest absolute Gasteiger partial charge is 0.151 e. The molecule has 0 aromatic heterocycles. The van der Waals surface area contributed by atoms with E-state index in [1.165, 1.54) is 32.1 Å². The van der Waals surface area contributed by atoms with Gasteiger partial charge in [0, 0.05) is 11.8 Å². The normalized spacial score (nSPS) is 20.9. The van der Waals surface area contributed by atoms with E-state index in [0.717, 1.165) is 6.42 Å². The van der Waals surface area contributed by atoms with Crippen molar-refractivity contribution in [2.45, 2.75) is 51.5 Å². The highest BCUT2D eigenvalue weighted by molar-refractivity contribution is 7.91. The zero-order valence-corrected chi connectivity index (χ0v) is 11.4. The van der Waals surface area contributed by atoms with Crippen molar-refractivity contribution < 1.29 is 8.42 Å². The summed E-state index contributed by atoms with van der Waals surface area (Å²) in [5.41, 5.74) is 0. The predicted octanol–water partition coefficient (Wildman–Crippen LogP) is 1.98.